The number of fused-ring (bicyclic) bond motifs is 11. The van der Waals surface area contributed by atoms with Gasteiger partial charge in [-0.25, -0.2) is 0 Å². The first-order valence-electron chi connectivity index (χ1n) is 18.0. The normalized spacial score (nSPS) is 14.2. The Labute approximate surface area is 301 Å². The minimum atomic E-state index is 0.843. The zero-order chi connectivity index (χ0) is 34.3. The first-order valence-corrected chi connectivity index (χ1v) is 18.0. The monoisotopic (exact) mass is 663 g/mol. The highest BCUT2D eigenvalue weighted by Gasteiger charge is 2.28. The summed E-state index contributed by atoms with van der Waals surface area (Å²) in [5.74, 6) is 0. The number of hydrogen-bond donors (Lipinski definition) is 1. The topological polar surface area (TPSA) is 35.9 Å². The maximum Gasteiger partial charge on any atom is 0.0619 e. The summed E-state index contributed by atoms with van der Waals surface area (Å²) < 4.78 is 4.87. The zero-order valence-electron chi connectivity index (χ0n) is 28.4. The zero-order valence-corrected chi connectivity index (χ0v) is 28.4. The number of aromatic nitrogens is 2. The number of nitrogens with two attached hydrogens (primary N) is 1. The van der Waals surface area contributed by atoms with Crippen molar-refractivity contribution in [2.45, 2.75) is 6.42 Å². The molecular weight excluding hydrogens is 631 g/mol. The molecule has 2 heterocycles. The molecule has 0 unspecified atom stereocenters. The van der Waals surface area contributed by atoms with Gasteiger partial charge in [0, 0.05) is 38.3 Å². The second kappa shape index (κ2) is 11.1. The van der Waals surface area contributed by atoms with E-state index in [1.54, 1.807) is 6.20 Å². The molecule has 0 spiro atoms. The smallest absolute Gasteiger partial charge is 0.0619 e. The Balaban J connectivity index is 1.13. The van der Waals surface area contributed by atoms with Gasteiger partial charge in [-0.05, 0) is 112 Å². The molecule has 0 atom stereocenters. The van der Waals surface area contributed by atoms with Crippen molar-refractivity contribution in [1.82, 2.24) is 9.13 Å². The first-order chi connectivity index (χ1) is 25.8. The lowest BCUT2D eigenvalue weighted by atomic mass is 9.94. The van der Waals surface area contributed by atoms with E-state index in [0.29, 0.717) is 0 Å². The van der Waals surface area contributed by atoms with Crippen molar-refractivity contribution in [3.8, 4) is 16.8 Å². The molecule has 2 aromatic heterocycles. The van der Waals surface area contributed by atoms with Crippen molar-refractivity contribution >= 4 is 71.2 Å². The number of allylic oxidation sites excluding steroid dienone is 7. The molecule has 0 saturated carbocycles. The molecule has 9 aromatic rings. The van der Waals surface area contributed by atoms with Crippen LogP contribution in [0, 0.1) is 0 Å². The maximum atomic E-state index is 5.95. The number of rotatable bonds is 4. The number of para-hydroxylation sites is 2. The van der Waals surface area contributed by atoms with Gasteiger partial charge in [0.1, 0.15) is 0 Å². The van der Waals surface area contributed by atoms with Crippen molar-refractivity contribution < 1.29 is 0 Å². The average Bonchev–Trinajstić information content (AvgIpc) is 3.83. The van der Waals surface area contributed by atoms with Crippen molar-refractivity contribution in [2.24, 2.45) is 5.73 Å². The molecule has 0 aliphatic heterocycles. The molecule has 0 bridgehead atoms. The molecule has 2 aliphatic carbocycles. The molecule has 52 heavy (non-hydrogen) atoms. The van der Waals surface area contributed by atoms with Crippen LogP contribution in [0.4, 0.5) is 0 Å². The van der Waals surface area contributed by atoms with Crippen LogP contribution in [0.1, 0.15) is 17.5 Å². The number of nitrogens with zero attached hydrogens (tertiary/aromatic N) is 2. The van der Waals surface area contributed by atoms with Crippen LogP contribution in [-0.4, -0.2) is 9.13 Å². The standard InChI is InChI=1S/C49H33N3/c50-27-26-40-37-14-6-7-15-38(37)43-30-35(21-23-39(40)43)52-48-25-20-33(29-45(48)42-22-18-31-10-4-5-13-36(31)49(42)52)32-19-24-47-44(28-32)41-16-8-9-17-46(41)51(47)34-11-2-1-3-12-34/h1-22,24-30H,23,50H2/b27-26-. The van der Waals surface area contributed by atoms with E-state index in [4.69, 9.17) is 5.73 Å². The summed E-state index contributed by atoms with van der Waals surface area (Å²) in [6.45, 7) is 0. The highest BCUT2D eigenvalue weighted by Crippen LogP contribution is 2.48. The van der Waals surface area contributed by atoms with Gasteiger partial charge >= 0.3 is 0 Å². The molecule has 11 rings (SSSR count). The molecule has 0 amide bonds. The fourth-order valence-electron chi connectivity index (χ4n) is 8.90. The number of hydrogen-bond acceptors (Lipinski definition) is 1. The molecule has 2 N–H and O–H groups in total. The summed E-state index contributed by atoms with van der Waals surface area (Å²) in [6, 6.07) is 55.4. The van der Waals surface area contributed by atoms with Crippen molar-refractivity contribution in [3.05, 3.63) is 193 Å². The maximum absolute atomic E-state index is 5.95. The van der Waals surface area contributed by atoms with E-state index in [0.717, 1.165) is 6.42 Å². The Morgan fingerprint density at radius 3 is 1.98 bits per heavy atom. The average molecular weight is 664 g/mol. The van der Waals surface area contributed by atoms with Gasteiger partial charge < -0.3 is 14.9 Å². The molecule has 0 fully saturated rings. The quantitative estimate of drug-likeness (QED) is 0.200. The van der Waals surface area contributed by atoms with Crippen LogP contribution in [-0.2, 0) is 0 Å². The van der Waals surface area contributed by atoms with E-state index in [1.165, 1.54) is 105 Å². The molecular formula is C49H33N3. The Morgan fingerprint density at radius 2 is 1.17 bits per heavy atom. The van der Waals surface area contributed by atoms with E-state index in [9.17, 15) is 0 Å². The van der Waals surface area contributed by atoms with Crippen molar-refractivity contribution in [3.63, 3.8) is 0 Å². The highest BCUT2D eigenvalue weighted by molar-refractivity contribution is 6.21. The Hall–Kier alpha value is -6.84. The van der Waals surface area contributed by atoms with E-state index in [1.807, 2.05) is 0 Å². The van der Waals surface area contributed by atoms with Crippen LogP contribution in [0.5, 0.6) is 0 Å². The van der Waals surface area contributed by atoms with E-state index in [2.05, 4.69) is 179 Å². The second-order valence-electron chi connectivity index (χ2n) is 13.9. The predicted molar refractivity (Wildman–Crippen MR) is 220 cm³/mol. The van der Waals surface area contributed by atoms with Gasteiger partial charge in [-0.2, -0.15) is 0 Å². The second-order valence-corrected chi connectivity index (χ2v) is 13.9. The van der Waals surface area contributed by atoms with Gasteiger partial charge in [0.25, 0.3) is 0 Å². The Bertz CT molecular complexity index is 3090. The number of benzene rings is 7. The van der Waals surface area contributed by atoms with Crippen molar-refractivity contribution in [1.29, 1.82) is 0 Å². The van der Waals surface area contributed by atoms with Gasteiger partial charge in [0.15, 0.2) is 0 Å². The third-order valence-electron chi connectivity index (χ3n) is 11.2. The van der Waals surface area contributed by atoms with Gasteiger partial charge in [-0.3, -0.25) is 0 Å². The summed E-state index contributed by atoms with van der Waals surface area (Å²) in [6.07, 6.45) is 9.34. The summed E-state index contributed by atoms with van der Waals surface area (Å²) in [5, 5.41) is 7.53. The van der Waals surface area contributed by atoms with Gasteiger partial charge in [-0.1, -0.05) is 115 Å². The fraction of sp³-hybridized carbons (Fsp3) is 0.0204. The molecule has 3 heteroatoms. The molecule has 2 aliphatic rings. The van der Waals surface area contributed by atoms with Crippen LogP contribution in [0.3, 0.4) is 0 Å². The first kappa shape index (κ1) is 28.9. The highest BCUT2D eigenvalue weighted by atomic mass is 15.0. The van der Waals surface area contributed by atoms with E-state index >= 15 is 0 Å². The Kier molecular flexibility index (Phi) is 6.17. The van der Waals surface area contributed by atoms with Crippen LogP contribution in [0.15, 0.2) is 182 Å². The summed E-state index contributed by atoms with van der Waals surface area (Å²) >= 11 is 0. The van der Waals surface area contributed by atoms with Gasteiger partial charge in [0.05, 0.1) is 22.1 Å². The van der Waals surface area contributed by atoms with E-state index < -0.39 is 0 Å². The van der Waals surface area contributed by atoms with Crippen LogP contribution < -0.4 is 5.73 Å². The largest absolute Gasteiger partial charge is 0.405 e. The Morgan fingerprint density at radius 1 is 0.519 bits per heavy atom. The fourth-order valence-corrected chi connectivity index (χ4v) is 8.90. The summed E-state index contributed by atoms with van der Waals surface area (Å²) in [7, 11) is 0. The SMILES string of the molecule is N/C=C\C1=C2CC=C(n3c4ccc(-c5ccc6c(c5)c5ccccc5n6-c5ccccc5)cc4c4ccc5ccccc5c43)C=C2c2ccccc21. The van der Waals surface area contributed by atoms with Crippen LogP contribution >= 0.6 is 0 Å². The minimum Gasteiger partial charge on any atom is -0.405 e. The van der Waals surface area contributed by atoms with E-state index in [-0.39, 0.29) is 0 Å². The minimum absolute atomic E-state index is 0.843. The van der Waals surface area contributed by atoms with Crippen LogP contribution in [0.25, 0.3) is 88.0 Å². The molecule has 244 valence electrons. The van der Waals surface area contributed by atoms with Crippen molar-refractivity contribution in [2.75, 3.05) is 0 Å². The molecule has 3 nitrogen and oxygen atoms in total. The molecule has 0 radical (unpaired) electrons. The summed E-state index contributed by atoms with van der Waals surface area (Å²) in [4.78, 5) is 0. The predicted octanol–water partition coefficient (Wildman–Crippen LogP) is 12.3. The van der Waals surface area contributed by atoms with Gasteiger partial charge in [0.2, 0.25) is 0 Å². The third kappa shape index (κ3) is 4.08. The third-order valence-corrected chi connectivity index (χ3v) is 11.2. The lowest BCUT2D eigenvalue weighted by Gasteiger charge is -2.18. The lowest BCUT2D eigenvalue weighted by molar-refractivity contribution is 1.18. The van der Waals surface area contributed by atoms with Gasteiger partial charge in [-0.15, -0.1) is 0 Å². The summed E-state index contributed by atoms with van der Waals surface area (Å²) in [5.41, 5.74) is 22.0. The molecule has 7 aromatic carbocycles. The lowest BCUT2D eigenvalue weighted by Crippen LogP contribution is -2.01. The van der Waals surface area contributed by atoms with Crippen LogP contribution in [0.2, 0.25) is 0 Å². The molecule has 0 saturated heterocycles.